The maximum absolute atomic E-state index is 13.8. The first-order chi connectivity index (χ1) is 9.42. The van der Waals surface area contributed by atoms with Crippen LogP contribution in [0.1, 0.15) is 25.8 Å². The minimum atomic E-state index is -0.472. The van der Waals surface area contributed by atoms with Crippen LogP contribution >= 0.6 is 0 Å². The maximum atomic E-state index is 13.8. The maximum Gasteiger partial charge on any atom is 0.279 e. The van der Waals surface area contributed by atoms with Crippen LogP contribution in [0.3, 0.4) is 0 Å². The lowest BCUT2D eigenvalue weighted by molar-refractivity contribution is 0.609. The molecule has 0 spiro atoms. The molecule has 2 aromatic heterocycles. The Hall–Kier alpha value is -2.11. The highest BCUT2D eigenvalue weighted by molar-refractivity contribution is 5.45. The van der Waals surface area contributed by atoms with E-state index in [1.165, 1.54) is 16.8 Å². The van der Waals surface area contributed by atoms with E-state index in [-0.39, 0.29) is 17.3 Å². The molecule has 0 aromatic carbocycles. The predicted molar refractivity (Wildman–Crippen MR) is 76.9 cm³/mol. The number of aryl methyl sites for hydroxylation is 2. The van der Waals surface area contributed by atoms with E-state index in [1.54, 1.807) is 17.9 Å². The molecular weight excluding hydrogens is 259 g/mol. The highest BCUT2D eigenvalue weighted by atomic mass is 19.1. The van der Waals surface area contributed by atoms with Gasteiger partial charge in [-0.25, -0.2) is 4.39 Å². The molecule has 0 bridgehead atoms. The Morgan fingerprint density at radius 3 is 2.70 bits per heavy atom. The lowest BCUT2D eigenvalue weighted by Gasteiger charge is -2.14. The summed E-state index contributed by atoms with van der Waals surface area (Å²) in [7, 11) is 1.76. The Morgan fingerprint density at radius 2 is 2.15 bits per heavy atom. The van der Waals surface area contributed by atoms with E-state index in [4.69, 9.17) is 0 Å². The van der Waals surface area contributed by atoms with Gasteiger partial charge in [0.15, 0.2) is 5.82 Å². The van der Waals surface area contributed by atoms with Crippen molar-refractivity contribution in [1.29, 1.82) is 0 Å². The molecule has 0 fully saturated rings. The lowest BCUT2D eigenvalue weighted by Crippen LogP contribution is -2.26. The molecule has 0 amide bonds. The highest BCUT2D eigenvalue weighted by Gasteiger charge is 2.13. The first-order valence-electron chi connectivity index (χ1n) is 6.61. The molecule has 5 nitrogen and oxygen atoms in total. The monoisotopic (exact) mass is 278 g/mol. The summed E-state index contributed by atoms with van der Waals surface area (Å²) in [5.74, 6) is -0.0235. The second kappa shape index (κ2) is 5.48. The molecule has 1 atom stereocenters. The molecule has 20 heavy (non-hydrogen) atoms. The van der Waals surface area contributed by atoms with Crippen LogP contribution in [0.25, 0.3) is 5.82 Å². The van der Waals surface area contributed by atoms with E-state index < -0.39 is 5.82 Å². The molecule has 0 saturated carbocycles. The number of hydrogen-bond donors (Lipinski definition) is 1. The predicted octanol–water partition coefficient (Wildman–Crippen LogP) is 2.23. The Kier molecular flexibility index (Phi) is 3.92. The molecule has 2 heterocycles. The van der Waals surface area contributed by atoms with Crippen molar-refractivity contribution in [3.8, 4) is 5.82 Å². The van der Waals surface area contributed by atoms with Crippen molar-refractivity contribution >= 4 is 5.69 Å². The fourth-order valence-electron chi connectivity index (χ4n) is 2.01. The van der Waals surface area contributed by atoms with Crippen LogP contribution in [0.2, 0.25) is 0 Å². The van der Waals surface area contributed by atoms with E-state index in [0.717, 1.165) is 12.0 Å². The summed E-state index contributed by atoms with van der Waals surface area (Å²) in [5, 5.41) is 7.24. The lowest BCUT2D eigenvalue weighted by atomic mass is 10.2. The first-order valence-corrected chi connectivity index (χ1v) is 6.61. The van der Waals surface area contributed by atoms with Crippen molar-refractivity contribution in [3.05, 3.63) is 40.2 Å². The average molecular weight is 278 g/mol. The third-order valence-corrected chi connectivity index (χ3v) is 3.21. The smallest absolute Gasteiger partial charge is 0.279 e. The molecule has 0 aliphatic carbocycles. The quantitative estimate of drug-likeness (QED) is 0.933. The van der Waals surface area contributed by atoms with E-state index in [9.17, 15) is 9.18 Å². The van der Waals surface area contributed by atoms with Gasteiger partial charge in [0.05, 0.1) is 6.20 Å². The molecule has 0 aliphatic heterocycles. The number of hydrogen-bond acceptors (Lipinski definition) is 3. The highest BCUT2D eigenvalue weighted by Crippen LogP contribution is 2.13. The van der Waals surface area contributed by atoms with Gasteiger partial charge >= 0.3 is 0 Å². The van der Waals surface area contributed by atoms with Crippen molar-refractivity contribution in [2.45, 2.75) is 33.2 Å². The average Bonchev–Trinajstić information content (AvgIpc) is 2.72. The van der Waals surface area contributed by atoms with Crippen molar-refractivity contribution in [2.75, 3.05) is 5.32 Å². The number of nitrogens with one attached hydrogen (secondary N) is 1. The van der Waals surface area contributed by atoms with Gasteiger partial charge in [0.1, 0.15) is 11.5 Å². The third-order valence-electron chi connectivity index (χ3n) is 3.21. The minimum absolute atomic E-state index is 0.0998. The van der Waals surface area contributed by atoms with Gasteiger partial charge < -0.3 is 5.32 Å². The Bertz CT molecular complexity index is 674. The number of pyridine rings is 1. The van der Waals surface area contributed by atoms with Crippen LogP contribution in [0.15, 0.2) is 23.3 Å². The van der Waals surface area contributed by atoms with Crippen molar-refractivity contribution in [3.63, 3.8) is 0 Å². The topological polar surface area (TPSA) is 51.9 Å². The second-order valence-electron chi connectivity index (χ2n) is 5.01. The van der Waals surface area contributed by atoms with Gasteiger partial charge in [-0.05, 0) is 20.3 Å². The first kappa shape index (κ1) is 14.3. The van der Waals surface area contributed by atoms with Crippen LogP contribution in [-0.2, 0) is 7.05 Å². The van der Waals surface area contributed by atoms with Gasteiger partial charge in [-0.3, -0.25) is 14.0 Å². The van der Waals surface area contributed by atoms with Gasteiger partial charge in [0, 0.05) is 30.9 Å². The molecule has 0 saturated heterocycles. The Labute approximate surface area is 117 Å². The zero-order valence-electron chi connectivity index (χ0n) is 12.1. The number of anilines is 1. The number of halogens is 1. The van der Waals surface area contributed by atoms with Gasteiger partial charge in [-0.2, -0.15) is 5.10 Å². The molecule has 1 unspecified atom stereocenters. The second-order valence-corrected chi connectivity index (χ2v) is 5.01. The molecule has 2 aromatic rings. The molecular formula is C14H19FN4O. The normalized spacial score (nSPS) is 12.4. The molecule has 108 valence electrons. The fourth-order valence-corrected chi connectivity index (χ4v) is 2.01. The Morgan fingerprint density at radius 1 is 1.45 bits per heavy atom. The molecule has 0 radical (unpaired) electrons. The van der Waals surface area contributed by atoms with Gasteiger partial charge in [0.2, 0.25) is 0 Å². The van der Waals surface area contributed by atoms with Crippen LogP contribution in [-0.4, -0.2) is 20.4 Å². The number of rotatable bonds is 4. The standard InChI is InChI=1S/C14H19FN4O/c1-5-10(3)16-12-6-11(15)8-19(14(12)20)13-9(2)7-18(4)17-13/h6-8,10,16H,5H2,1-4H3. The van der Waals surface area contributed by atoms with Crippen LogP contribution < -0.4 is 10.9 Å². The van der Waals surface area contributed by atoms with Gasteiger partial charge in [-0.15, -0.1) is 0 Å². The minimum Gasteiger partial charge on any atom is -0.378 e. The third kappa shape index (κ3) is 2.74. The van der Waals surface area contributed by atoms with Crippen molar-refractivity contribution in [2.24, 2.45) is 7.05 Å². The molecule has 2 rings (SSSR count). The molecule has 0 aliphatic rings. The molecule has 6 heteroatoms. The van der Waals surface area contributed by atoms with Gasteiger partial charge in [-0.1, -0.05) is 6.92 Å². The number of aromatic nitrogens is 3. The van der Waals surface area contributed by atoms with Crippen LogP contribution in [0, 0.1) is 12.7 Å². The van der Waals surface area contributed by atoms with Crippen molar-refractivity contribution < 1.29 is 4.39 Å². The molecule has 1 N–H and O–H groups in total. The summed E-state index contributed by atoms with van der Waals surface area (Å²) in [6.45, 7) is 5.78. The zero-order chi connectivity index (χ0) is 14.9. The Balaban J connectivity index is 2.55. The van der Waals surface area contributed by atoms with Gasteiger partial charge in [0.25, 0.3) is 5.56 Å². The SMILES string of the molecule is CCC(C)Nc1cc(F)cn(-c2nn(C)cc2C)c1=O. The largest absolute Gasteiger partial charge is 0.378 e. The van der Waals surface area contributed by atoms with E-state index in [0.29, 0.717) is 5.82 Å². The van der Waals surface area contributed by atoms with E-state index in [1.807, 2.05) is 20.8 Å². The fraction of sp³-hybridized carbons (Fsp3) is 0.429. The van der Waals surface area contributed by atoms with E-state index >= 15 is 0 Å². The van der Waals surface area contributed by atoms with E-state index in [2.05, 4.69) is 10.4 Å². The summed E-state index contributed by atoms with van der Waals surface area (Å²) in [6, 6.07) is 1.33. The summed E-state index contributed by atoms with van der Waals surface area (Å²) < 4.78 is 16.6. The number of nitrogens with zero attached hydrogens (tertiary/aromatic N) is 3. The summed E-state index contributed by atoms with van der Waals surface area (Å²) in [4.78, 5) is 12.4. The summed E-state index contributed by atoms with van der Waals surface area (Å²) >= 11 is 0. The summed E-state index contributed by atoms with van der Waals surface area (Å²) in [5.41, 5.74) is 0.771. The zero-order valence-corrected chi connectivity index (χ0v) is 12.1. The van der Waals surface area contributed by atoms with Crippen molar-refractivity contribution in [1.82, 2.24) is 14.3 Å². The van der Waals surface area contributed by atoms with Crippen LogP contribution in [0.4, 0.5) is 10.1 Å². The van der Waals surface area contributed by atoms with Crippen LogP contribution in [0.5, 0.6) is 0 Å². The summed E-state index contributed by atoms with van der Waals surface area (Å²) in [6.07, 6.45) is 3.80.